The third-order valence-corrected chi connectivity index (χ3v) is 4.83. The number of methoxy groups -OCH3 is 2. The largest absolute Gasteiger partial charge is 0.497 e. The number of nitrogens with zero attached hydrogens (tertiary/aromatic N) is 1. The number of amides is 2. The van der Waals surface area contributed by atoms with Crippen molar-refractivity contribution in [3.8, 4) is 11.5 Å². The Bertz CT molecular complexity index is 1070. The number of likely N-dealkylation sites (N-methyl/N-ethyl adjacent to an activating group) is 1. The molecule has 0 unspecified atom stereocenters. The van der Waals surface area contributed by atoms with Crippen LogP contribution in [-0.2, 0) is 11.3 Å². The van der Waals surface area contributed by atoms with E-state index >= 15 is 0 Å². The fourth-order valence-electron chi connectivity index (χ4n) is 3.27. The van der Waals surface area contributed by atoms with Crippen molar-refractivity contribution < 1.29 is 19.1 Å². The zero-order valence-corrected chi connectivity index (χ0v) is 18.4. The molecule has 2 N–H and O–H groups in total. The molecule has 0 heterocycles. The first kappa shape index (κ1) is 22.8. The normalized spacial score (nSPS) is 10.5. The van der Waals surface area contributed by atoms with E-state index in [1.807, 2.05) is 60.5 Å². The minimum Gasteiger partial charge on any atom is -0.497 e. The van der Waals surface area contributed by atoms with E-state index < -0.39 is 0 Å². The maximum atomic E-state index is 12.7. The monoisotopic (exact) mass is 433 g/mol. The van der Waals surface area contributed by atoms with Crippen LogP contribution < -0.4 is 20.1 Å². The van der Waals surface area contributed by atoms with E-state index in [1.54, 1.807) is 38.5 Å². The van der Waals surface area contributed by atoms with Gasteiger partial charge in [0, 0.05) is 23.9 Å². The maximum Gasteiger partial charge on any atom is 0.257 e. The predicted molar refractivity (Wildman–Crippen MR) is 125 cm³/mol. The maximum absolute atomic E-state index is 12.7. The number of anilines is 2. The molecule has 0 aromatic heterocycles. The zero-order valence-electron chi connectivity index (χ0n) is 18.4. The average molecular weight is 434 g/mol. The van der Waals surface area contributed by atoms with Crippen LogP contribution in [0, 0.1) is 0 Å². The molecule has 0 saturated carbocycles. The van der Waals surface area contributed by atoms with Crippen molar-refractivity contribution in [2.45, 2.75) is 6.54 Å². The molecule has 0 aliphatic rings. The highest BCUT2D eigenvalue weighted by atomic mass is 16.5. The van der Waals surface area contributed by atoms with Crippen molar-refractivity contribution in [3.63, 3.8) is 0 Å². The van der Waals surface area contributed by atoms with Crippen molar-refractivity contribution in [2.24, 2.45) is 0 Å². The third kappa shape index (κ3) is 6.09. The summed E-state index contributed by atoms with van der Waals surface area (Å²) in [5.74, 6) is 0.888. The fourth-order valence-corrected chi connectivity index (χ4v) is 3.27. The second-order valence-electron chi connectivity index (χ2n) is 7.26. The first-order valence-corrected chi connectivity index (χ1v) is 10.1. The molecule has 0 fully saturated rings. The lowest BCUT2D eigenvalue weighted by molar-refractivity contribution is -0.117. The quantitative estimate of drug-likeness (QED) is 0.533. The number of rotatable bonds is 9. The van der Waals surface area contributed by atoms with Crippen LogP contribution in [0.25, 0.3) is 0 Å². The summed E-state index contributed by atoms with van der Waals surface area (Å²) in [5, 5.41) is 5.69. The molecule has 7 nitrogen and oxygen atoms in total. The van der Waals surface area contributed by atoms with Crippen LogP contribution in [0.2, 0.25) is 0 Å². The molecule has 0 atom stereocenters. The second-order valence-corrected chi connectivity index (χ2v) is 7.26. The highest BCUT2D eigenvalue weighted by Crippen LogP contribution is 2.25. The van der Waals surface area contributed by atoms with E-state index in [2.05, 4.69) is 10.6 Å². The van der Waals surface area contributed by atoms with Crippen LogP contribution in [0.4, 0.5) is 11.4 Å². The molecule has 0 aliphatic carbocycles. The zero-order chi connectivity index (χ0) is 22.9. The number of carbonyl (C=O) groups excluding carboxylic acids is 2. The molecule has 0 bridgehead atoms. The van der Waals surface area contributed by atoms with Gasteiger partial charge >= 0.3 is 0 Å². The Morgan fingerprint density at radius 3 is 2.31 bits per heavy atom. The predicted octanol–water partition coefficient (Wildman–Crippen LogP) is 4.03. The summed E-state index contributed by atoms with van der Waals surface area (Å²) in [6.45, 7) is 0.653. The Hall–Kier alpha value is -3.84. The van der Waals surface area contributed by atoms with Gasteiger partial charge in [0.15, 0.2) is 0 Å². The summed E-state index contributed by atoms with van der Waals surface area (Å²) in [7, 11) is 5.04. The lowest BCUT2D eigenvalue weighted by atomic mass is 10.1. The number of carbonyl (C=O) groups is 2. The summed E-state index contributed by atoms with van der Waals surface area (Å²) >= 11 is 0. The van der Waals surface area contributed by atoms with Gasteiger partial charge in [-0.15, -0.1) is 0 Å². The summed E-state index contributed by atoms with van der Waals surface area (Å²) in [6.07, 6.45) is 0. The summed E-state index contributed by atoms with van der Waals surface area (Å²) in [4.78, 5) is 27.2. The number of hydrogen-bond donors (Lipinski definition) is 2. The fraction of sp³-hybridized carbons (Fsp3) is 0.200. The first-order chi connectivity index (χ1) is 15.5. The minimum atomic E-state index is -0.288. The van der Waals surface area contributed by atoms with E-state index in [0.29, 0.717) is 35.0 Å². The molecule has 3 rings (SSSR count). The van der Waals surface area contributed by atoms with Crippen molar-refractivity contribution in [1.82, 2.24) is 4.90 Å². The first-order valence-electron chi connectivity index (χ1n) is 10.1. The Morgan fingerprint density at radius 1 is 0.875 bits per heavy atom. The van der Waals surface area contributed by atoms with Crippen molar-refractivity contribution in [3.05, 3.63) is 83.9 Å². The van der Waals surface area contributed by atoms with Crippen LogP contribution >= 0.6 is 0 Å². The van der Waals surface area contributed by atoms with Crippen molar-refractivity contribution in [2.75, 3.05) is 38.4 Å². The number of hydrogen-bond acceptors (Lipinski definition) is 5. The molecule has 2 amide bonds. The lowest BCUT2D eigenvalue weighted by Gasteiger charge is -2.19. The molecule has 32 heavy (non-hydrogen) atoms. The average Bonchev–Trinajstić information content (AvgIpc) is 2.80. The van der Waals surface area contributed by atoms with Gasteiger partial charge in [-0.05, 0) is 37.4 Å². The molecule has 166 valence electrons. The lowest BCUT2D eigenvalue weighted by Crippen LogP contribution is -2.30. The summed E-state index contributed by atoms with van der Waals surface area (Å²) in [6, 6.07) is 21.7. The van der Waals surface area contributed by atoms with Crippen molar-refractivity contribution >= 4 is 23.2 Å². The highest BCUT2D eigenvalue weighted by Gasteiger charge is 2.15. The van der Waals surface area contributed by atoms with Gasteiger partial charge in [0.2, 0.25) is 5.91 Å². The molecule has 3 aromatic rings. The smallest absolute Gasteiger partial charge is 0.257 e. The molecule has 0 radical (unpaired) electrons. The number of ether oxygens (including phenoxy) is 2. The van der Waals surface area contributed by atoms with Gasteiger partial charge in [0.25, 0.3) is 5.91 Å². The van der Waals surface area contributed by atoms with Crippen LogP contribution in [0.3, 0.4) is 0 Å². The van der Waals surface area contributed by atoms with Gasteiger partial charge in [-0.1, -0.05) is 36.4 Å². The molecule has 0 spiro atoms. The molecule has 7 heteroatoms. The molecule has 3 aromatic carbocycles. The van der Waals surface area contributed by atoms with Crippen LogP contribution in [-0.4, -0.2) is 44.5 Å². The number of para-hydroxylation sites is 2. The standard InChI is InChI=1S/C25H27N3O4/c1-28(16-18-13-14-20(31-2)15-23(18)32-3)17-24(29)27-22-12-8-7-11-21(22)25(30)26-19-9-5-4-6-10-19/h4-15H,16-17H2,1-3H3,(H,26,30)(H,27,29). The Morgan fingerprint density at radius 2 is 1.59 bits per heavy atom. The molecular weight excluding hydrogens is 406 g/mol. The highest BCUT2D eigenvalue weighted by molar-refractivity contribution is 6.10. The van der Waals surface area contributed by atoms with Crippen LogP contribution in [0.1, 0.15) is 15.9 Å². The van der Waals surface area contributed by atoms with Gasteiger partial charge in [-0.3, -0.25) is 14.5 Å². The van der Waals surface area contributed by atoms with Gasteiger partial charge in [0.1, 0.15) is 11.5 Å². The van der Waals surface area contributed by atoms with E-state index in [9.17, 15) is 9.59 Å². The topological polar surface area (TPSA) is 79.9 Å². The van der Waals surface area contributed by atoms with E-state index in [-0.39, 0.29) is 18.4 Å². The van der Waals surface area contributed by atoms with Crippen molar-refractivity contribution in [1.29, 1.82) is 0 Å². The van der Waals surface area contributed by atoms with Gasteiger partial charge < -0.3 is 20.1 Å². The number of nitrogens with one attached hydrogen (secondary N) is 2. The minimum absolute atomic E-state index is 0.143. The molecule has 0 saturated heterocycles. The van der Waals surface area contributed by atoms with E-state index in [0.717, 1.165) is 5.56 Å². The Kier molecular flexibility index (Phi) is 7.83. The summed E-state index contributed by atoms with van der Waals surface area (Å²) in [5.41, 5.74) is 2.48. The van der Waals surface area contributed by atoms with E-state index in [4.69, 9.17) is 9.47 Å². The number of benzene rings is 3. The molecular formula is C25H27N3O4. The van der Waals surface area contributed by atoms with Crippen LogP contribution in [0.5, 0.6) is 11.5 Å². The van der Waals surface area contributed by atoms with Gasteiger partial charge in [-0.2, -0.15) is 0 Å². The molecule has 0 aliphatic heterocycles. The SMILES string of the molecule is COc1ccc(CN(C)CC(=O)Nc2ccccc2C(=O)Nc2ccccc2)c(OC)c1. The van der Waals surface area contributed by atoms with Gasteiger partial charge in [-0.25, -0.2) is 0 Å². The second kappa shape index (κ2) is 11.0. The Labute approximate surface area is 188 Å². The van der Waals surface area contributed by atoms with Gasteiger partial charge in [0.05, 0.1) is 32.0 Å². The third-order valence-electron chi connectivity index (χ3n) is 4.83. The Balaban J connectivity index is 1.63. The van der Waals surface area contributed by atoms with E-state index in [1.165, 1.54) is 0 Å². The summed E-state index contributed by atoms with van der Waals surface area (Å²) < 4.78 is 10.7. The van der Waals surface area contributed by atoms with Crippen LogP contribution in [0.15, 0.2) is 72.8 Å².